The molecular weight excluding hydrogens is 204 g/mol. The highest BCUT2D eigenvalue weighted by Crippen LogP contribution is 2.08. The van der Waals surface area contributed by atoms with Crippen molar-refractivity contribution < 1.29 is 9.53 Å². The van der Waals surface area contributed by atoms with E-state index in [1.807, 2.05) is 30.3 Å². The second-order valence-electron chi connectivity index (χ2n) is 3.81. The Morgan fingerprint density at radius 1 is 1.38 bits per heavy atom. The van der Waals surface area contributed by atoms with Crippen LogP contribution in [0.15, 0.2) is 30.3 Å². The average Bonchev–Trinajstić information content (AvgIpc) is 2.81. The van der Waals surface area contributed by atoms with Crippen LogP contribution in [-0.4, -0.2) is 18.9 Å². The van der Waals surface area contributed by atoms with Crippen LogP contribution in [0.4, 0.5) is 4.79 Å². The zero-order chi connectivity index (χ0) is 11.2. The minimum absolute atomic E-state index is 0.115. The van der Waals surface area contributed by atoms with Gasteiger partial charge in [-0.2, -0.15) is 0 Å². The van der Waals surface area contributed by atoms with E-state index in [4.69, 9.17) is 4.74 Å². The highest BCUT2D eigenvalue weighted by Gasteiger charge is 2.16. The van der Waals surface area contributed by atoms with Gasteiger partial charge in [0.2, 0.25) is 0 Å². The third-order valence-corrected chi connectivity index (χ3v) is 2.52. The molecule has 2 N–H and O–H groups in total. The number of amides is 2. The predicted octanol–water partition coefficient (Wildman–Crippen LogP) is 1.62. The van der Waals surface area contributed by atoms with Gasteiger partial charge in [0, 0.05) is 13.2 Å². The number of urea groups is 1. The maximum Gasteiger partial charge on any atom is 0.317 e. The van der Waals surface area contributed by atoms with Crippen molar-refractivity contribution in [2.75, 3.05) is 6.61 Å². The van der Waals surface area contributed by atoms with Crippen molar-refractivity contribution in [1.82, 2.24) is 10.6 Å². The fourth-order valence-corrected chi connectivity index (χ4v) is 1.67. The van der Waals surface area contributed by atoms with E-state index in [0.717, 1.165) is 25.0 Å². The maximum atomic E-state index is 11.5. The smallest absolute Gasteiger partial charge is 0.317 e. The molecule has 0 radical (unpaired) electrons. The topological polar surface area (TPSA) is 50.4 Å². The molecule has 1 atom stereocenters. The van der Waals surface area contributed by atoms with Crippen molar-refractivity contribution >= 4 is 6.03 Å². The molecule has 1 aliphatic rings. The fraction of sp³-hybridized carbons (Fsp3) is 0.417. The molecular formula is C12H16N2O2. The van der Waals surface area contributed by atoms with Gasteiger partial charge in [0.05, 0.1) is 0 Å². The van der Waals surface area contributed by atoms with E-state index >= 15 is 0 Å². The number of carbonyl (C=O) groups excluding carboxylic acids is 1. The van der Waals surface area contributed by atoms with Crippen LogP contribution in [0, 0.1) is 0 Å². The molecule has 1 aromatic rings. The Bertz CT molecular complexity index is 334. The van der Waals surface area contributed by atoms with Crippen LogP contribution in [0.5, 0.6) is 0 Å². The van der Waals surface area contributed by atoms with Crippen LogP contribution < -0.4 is 10.6 Å². The molecule has 0 aromatic heterocycles. The zero-order valence-corrected chi connectivity index (χ0v) is 9.11. The van der Waals surface area contributed by atoms with Crippen molar-refractivity contribution in [1.29, 1.82) is 0 Å². The predicted molar refractivity (Wildman–Crippen MR) is 60.8 cm³/mol. The molecule has 1 aliphatic heterocycles. The molecule has 86 valence electrons. The molecule has 1 saturated heterocycles. The molecule has 4 heteroatoms. The first-order chi connectivity index (χ1) is 7.84. The molecule has 0 bridgehead atoms. The van der Waals surface area contributed by atoms with E-state index in [9.17, 15) is 4.79 Å². The summed E-state index contributed by atoms with van der Waals surface area (Å²) in [5.74, 6) is 0. The number of benzene rings is 1. The largest absolute Gasteiger partial charge is 0.358 e. The Labute approximate surface area is 95.0 Å². The van der Waals surface area contributed by atoms with E-state index in [1.165, 1.54) is 0 Å². The van der Waals surface area contributed by atoms with E-state index in [0.29, 0.717) is 6.54 Å². The third-order valence-electron chi connectivity index (χ3n) is 2.52. The SMILES string of the molecule is O=C(NCc1ccccc1)NC1CCCO1. The molecule has 0 aliphatic carbocycles. The van der Waals surface area contributed by atoms with E-state index in [-0.39, 0.29) is 12.3 Å². The summed E-state index contributed by atoms with van der Waals surface area (Å²) in [6.07, 6.45) is 1.80. The summed E-state index contributed by atoms with van der Waals surface area (Å²) in [4.78, 5) is 11.5. The second kappa shape index (κ2) is 5.51. The first kappa shape index (κ1) is 11.0. The lowest BCUT2D eigenvalue weighted by Crippen LogP contribution is -2.41. The summed E-state index contributed by atoms with van der Waals surface area (Å²) in [5, 5.41) is 5.57. The van der Waals surface area contributed by atoms with Gasteiger partial charge in [-0.05, 0) is 18.4 Å². The molecule has 1 unspecified atom stereocenters. The Morgan fingerprint density at radius 2 is 2.19 bits per heavy atom. The van der Waals surface area contributed by atoms with Crippen LogP contribution in [0.25, 0.3) is 0 Å². The van der Waals surface area contributed by atoms with E-state index in [2.05, 4.69) is 10.6 Å². The van der Waals surface area contributed by atoms with Crippen molar-refractivity contribution in [2.45, 2.75) is 25.6 Å². The molecule has 2 amide bonds. The molecule has 2 rings (SSSR count). The normalized spacial score (nSPS) is 19.4. The Morgan fingerprint density at radius 3 is 2.88 bits per heavy atom. The number of ether oxygens (including phenoxy) is 1. The minimum atomic E-state index is -0.171. The molecule has 1 heterocycles. The van der Waals surface area contributed by atoms with Crippen molar-refractivity contribution in [3.63, 3.8) is 0 Å². The van der Waals surface area contributed by atoms with Crippen LogP contribution in [-0.2, 0) is 11.3 Å². The first-order valence-electron chi connectivity index (χ1n) is 5.54. The summed E-state index contributed by atoms with van der Waals surface area (Å²) in [6, 6.07) is 9.65. The lowest BCUT2D eigenvalue weighted by molar-refractivity contribution is 0.0907. The molecule has 4 nitrogen and oxygen atoms in total. The van der Waals surface area contributed by atoms with E-state index < -0.39 is 0 Å². The number of carbonyl (C=O) groups is 1. The van der Waals surface area contributed by atoms with Crippen LogP contribution in [0.1, 0.15) is 18.4 Å². The number of hydrogen-bond acceptors (Lipinski definition) is 2. The van der Waals surface area contributed by atoms with Gasteiger partial charge in [-0.3, -0.25) is 0 Å². The Kier molecular flexibility index (Phi) is 3.77. The lowest BCUT2D eigenvalue weighted by atomic mass is 10.2. The van der Waals surface area contributed by atoms with Crippen molar-refractivity contribution in [2.24, 2.45) is 0 Å². The summed E-state index contributed by atoms with van der Waals surface area (Å²) in [7, 11) is 0. The fourth-order valence-electron chi connectivity index (χ4n) is 1.67. The van der Waals surface area contributed by atoms with Crippen LogP contribution >= 0.6 is 0 Å². The molecule has 16 heavy (non-hydrogen) atoms. The Balaban J connectivity index is 1.71. The number of hydrogen-bond donors (Lipinski definition) is 2. The van der Waals surface area contributed by atoms with Gasteiger partial charge in [-0.1, -0.05) is 30.3 Å². The second-order valence-corrected chi connectivity index (χ2v) is 3.81. The van der Waals surface area contributed by atoms with Gasteiger partial charge >= 0.3 is 6.03 Å². The molecule has 0 saturated carbocycles. The number of rotatable bonds is 3. The van der Waals surface area contributed by atoms with Crippen molar-refractivity contribution in [3.8, 4) is 0 Å². The molecule has 0 spiro atoms. The number of nitrogens with one attached hydrogen (secondary N) is 2. The standard InChI is InChI=1S/C12H16N2O2/c15-12(14-11-7-4-8-16-11)13-9-10-5-2-1-3-6-10/h1-3,5-6,11H,4,7-9H2,(H2,13,14,15). The quantitative estimate of drug-likeness (QED) is 0.813. The average molecular weight is 220 g/mol. The van der Waals surface area contributed by atoms with Gasteiger partial charge in [-0.25, -0.2) is 4.79 Å². The molecule has 1 fully saturated rings. The zero-order valence-electron chi connectivity index (χ0n) is 9.11. The Hall–Kier alpha value is -1.55. The first-order valence-corrected chi connectivity index (χ1v) is 5.54. The summed E-state index contributed by atoms with van der Waals surface area (Å²) in [6.45, 7) is 1.28. The summed E-state index contributed by atoms with van der Waals surface area (Å²) >= 11 is 0. The third kappa shape index (κ3) is 3.24. The van der Waals surface area contributed by atoms with E-state index in [1.54, 1.807) is 0 Å². The minimum Gasteiger partial charge on any atom is -0.358 e. The maximum absolute atomic E-state index is 11.5. The molecule has 1 aromatic carbocycles. The van der Waals surface area contributed by atoms with Gasteiger partial charge in [-0.15, -0.1) is 0 Å². The van der Waals surface area contributed by atoms with Crippen molar-refractivity contribution in [3.05, 3.63) is 35.9 Å². The van der Waals surface area contributed by atoms with Gasteiger partial charge in [0.1, 0.15) is 6.23 Å². The highest BCUT2D eigenvalue weighted by molar-refractivity contribution is 5.74. The van der Waals surface area contributed by atoms with Gasteiger partial charge in [0.25, 0.3) is 0 Å². The monoisotopic (exact) mass is 220 g/mol. The lowest BCUT2D eigenvalue weighted by Gasteiger charge is -2.12. The van der Waals surface area contributed by atoms with Gasteiger partial charge in [0.15, 0.2) is 0 Å². The highest BCUT2D eigenvalue weighted by atomic mass is 16.5. The van der Waals surface area contributed by atoms with Crippen LogP contribution in [0.3, 0.4) is 0 Å². The summed E-state index contributed by atoms with van der Waals surface area (Å²) in [5.41, 5.74) is 1.09. The van der Waals surface area contributed by atoms with Gasteiger partial charge < -0.3 is 15.4 Å². The van der Waals surface area contributed by atoms with Crippen LogP contribution in [0.2, 0.25) is 0 Å². The summed E-state index contributed by atoms with van der Waals surface area (Å²) < 4.78 is 5.30.